The van der Waals surface area contributed by atoms with E-state index in [0.29, 0.717) is 108 Å². The molecule has 0 aliphatic carbocycles. The maximum atomic E-state index is 12.2. The smallest absolute Gasteiger partial charge is 0.410 e. The molecule has 5 amide bonds. The maximum Gasteiger partial charge on any atom is 0.410 e. The van der Waals surface area contributed by atoms with Crippen LogP contribution >= 0.6 is 0 Å². The van der Waals surface area contributed by atoms with Gasteiger partial charge >= 0.3 is 30.5 Å². The Morgan fingerprint density at radius 3 is 0.912 bits per heavy atom. The zero-order valence-corrected chi connectivity index (χ0v) is 95.0. The molecule has 1 fully saturated rings. The standard InChI is InChI=1S/C16H27N3O3.C12H18N4O.2C12H25NO2.C11H19N3O.C11H23NO3.C11H23NO2.C6H15N.C5H6N2O.C5H13NO.C4H8O.7CH4/c1-11(2)13(19(6)15(20)22-16(3,4)5)10-21-12-7-8-18-14(17)9-12;1-9(2)11(16(3)8-13)7-17-10-4-5-15-12(14)6-10;2*1-8-10(9(2)3)13(7)11(14)15-12(4,5)6;1-8(2)10(13-3)7-15-9-4-5-14-11(12)6-9;1-8(2)9(7-13)12(6)10(14)15-11(3,4)5;1-7-9(8(2)3)12-10(13)14-11(4,5)6;1-4-6(7)5(2)3;6-5-3-4(8)1-2-7-5;1-4(2)5(6)3-7;1-2-4-5-3-1;;;;;;;/h7-9,11,13H,10H2,1-6H3,(H2,17,18);4-6,9,11H,7H2,1-3H3,(H2,14,15);2*9-10H,8H2,1-7H3;4-6,8,10,13H,7H2,1-3H3,(H2,12,14);8-9,13H,7H2,1-6H3;8-9H,7H2,1-6H3,(H,12,13);5-6H,4,7H2,1-3H3;1-3H,(H3,6,7,8);4-5,7H,3,6H2,1-2H3;1-4H2;7*1H4. The fourth-order valence-corrected chi connectivity index (χ4v) is 12.2. The van der Waals surface area contributed by atoms with Crippen LogP contribution in [0.15, 0.2) is 78.1 Å². The minimum absolute atomic E-state index is 0. The van der Waals surface area contributed by atoms with E-state index in [1.807, 2.05) is 173 Å². The van der Waals surface area contributed by atoms with Gasteiger partial charge in [0.2, 0.25) is 0 Å². The summed E-state index contributed by atoms with van der Waals surface area (Å²) in [5, 5.41) is 32.5. The summed E-state index contributed by atoms with van der Waals surface area (Å²) in [5.41, 5.74) is 30.6. The Kier molecular flexibility index (Phi) is 97.9. The Bertz CT molecular complexity index is 3830. The number of pyridine rings is 4. The summed E-state index contributed by atoms with van der Waals surface area (Å²) in [5.74, 6) is 7.46. The van der Waals surface area contributed by atoms with Gasteiger partial charge in [0.25, 0.3) is 0 Å². The third-order valence-corrected chi connectivity index (χ3v) is 20.9. The molecule has 147 heavy (non-hydrogen) atoms. The zero-order chi connectivity index (χ0) is 110. The number of amides is 5. The average molecular weight is 2100 g/mol. The number of likely N-dealkylation sites (N-methyl/N-ethyl adjacent to an activating group) is 4. The Morgan fingerprint density at radius 1 is 0.415 bits per heavy atom. The number of H-pyrrole nitrogens is 1. The van der Waals surface area contributed by atoms with Crippen molar-refractivity contribution in [2.75, 3.05) is 111 Å². The monoisotopic (exact) mass is 2100 g/mol. The molecule has 5 rings (SSSR count). The lowest BCUT2D eigenvalue weighted by Crippen LogP contribution is -2.46. The number of carbonyl (C=O) groups is 5. The summed E-state index contributed by atoms with van der Waals surface area (Å²) in [7, 11) is 10.7. The summed E-state index contributed by atoms with van der Waals surface area (Å²) in [6, 6.07) is 14.3. The molecule has 0 radical (unpaired) electrons. The van der Waals surface area contributed by atoms with Crippen molar-refractivity contribution in [3.8, 4) is 23.4 Å². The number of hydrogen-bond acceptors (Lipinski definition) is 29. The van der Waals surface area contributed by atoms with Crippen LogP contribution in [0.1, 0.15) is 347 Å². The highest BCUT2D eigenvalue weighted by Gasteiger charge is 2.32. The van der Waals surface area contributed by atoms with E-state index in [1.165, 1.54) is 36.1 Å². The van der Waals surface area contributed by atoms with E-state index in [9.17, 15) is 28.8 Å². The highest BCUT2D eigenvalue weighted by atomic mass is 16.6. The molecular weight excluding hydrogens is 1870 g/mol. The first kappa shape index (κ1) is 165. The van der Waals surface area contributed by atoms with Gasteiger partial charge in [-0.15, -0.1) is 0 Å². The number of rotatable bonds is 31. The van der Waals surface area contributed by atoms with Crippen LogP contribution < -0.4 is 64.7 Å². The van der Waals surface area contributed by atoms with Gasteiger partial charge in [-0.3, -0.25) is 4.79 Å². The van der Waals surface area contributed by atoms with Gasteiger partial charge in [-0.05, 0) is 221 Å². The van der Waals surface area contributed by atoms with Crippen molar-refractivity contribution in [2.24, 2.45) is 64.7 Å². The number of nitriles is 1. The van der Waals surface area contributed by atoms with E-state index in [-0.39, 0.29) is 149 Å². The second-order valence-corrected chi connectivity index (χ2v) is 42.6. The Labute approximate surface area is 898 Å². The number of nitrogens with one attached hydrogen (secondary N) is 3. The number of aromatic amines is 1. The van der Waals surface area contributed by atoms with Gasteiger partial charge < -0.3 is 127 Å². The summed E-state index contributed by atoms with van der Waals surface area (Å²) >= 11 is 0. The molecule has 17 N–H and O–H groups in total. The maximum absolute atomic E-state index is 12.2. The Morgan fingerprint density at radius 2 is 0.714 bits per heavy atom. The molecule has 4 aromatic heterocycles. The number of carbonyl (C=O) groups excluding carboxylic acids is 5. The molecule has 870 valence electrons. The summed E-state index contributed by atoms with van der Waals surface area (Å²) in [6.45, 7) is 77.1. The van der Waals surface area contributed by atoms with E-state index in [4.69, 9.17) is 92.5 Å². The van der Waals surface area contributed by atoms with Crippen LogP contribution in [0.5, 0.6) is 17.2 Å². The normalized spacial score (nSPS) is 12.9. The largest absolute Gasteiger partial charge is 0.492 e. The van der Waals surface area contributed by atoms with Crippen molar-refractivity contribution < 1.29 is 76.8 Å². The predicted octanol–water partition coefficient (Wildman–Crippen LogP) is 23.6. The van der Waals surface area contributed by atoms with E-state index in [1.54, 1.807) is 89.7 Å². The van der Waals surface area contributed by atoms with Crippen molar-refractivity contribution in [1.29, 1.82) is 5.26 Å². The minimum Gasteiger partial charge on any atom is -0.492 e. The third kappa shape index (κ3) is 87.9. The van der Waals surface area contributed by atoms with Gasteiger partial charge in [0.15, 0.2) is 11.6 Å². The number of aromatic nitrogens is 4. The molecule has 9 unspecified atom stereocenters. The van der Waals surface area contributed by atoms with Gasteiger partial charge in [0.1, 0.15) is 88.3 Å². The van der Waals surface area contributed by atoms with E-state index in [0.717, 1.165) is 44.6 Å². The molecule has 9 atom stereocenters. The first-order chi connectivity index (χ1) is 64.2. The summed E-state index contributed by atoms with van der Waals surface area (Å²) in [4.78, 5) is 91.6. The highest BCUT2D eigenvalue weighted by molar-refractivity contribution is 5.70. The topological polar surface area (TPSA) is 501 Å². The number of hydrogen-bond donors (Lipinski definition) is 11. The number of aliphatic hydroxyl groups is 2. The number of aliphatic hydroxyl groups excluding tert-OH is 2. The van der Waals surface area contributed by atoms with Crippen molar-refractivity contribution in [3.05, 3.63) is 83.5 Å². The molecule has 0 saturated carbocycles. The van der Waals surface area contributed by atoms with Crippen LogP contribution in [-0.2, 0) is 28.4 Å². The molecular formula is C112H230N18O17. The zero-order valence-electron chi connectivity index (χ0n) is 95.0. The number of nitrogen functional groups attached to an aromatic ring is 4. The number of nitrogens with zero attached hydrogens (tertiary/aromatic N) is 9. The van der Waals surface area contributed by atoms with Gasteiger partial charge in [-0.2, -0.15) is 5.26 Å². The quantitative estimate of drug-likeness (QED) is 0.0127. The third-order valence-electron chi connectivity index (χ3n) is 20.9. The van der Waals surface area contributed by atoms with E-state index in [2.05, 4.69) is 148 Å². The Hall–Kier alpha value is -9.60. The molecule has 1 aliphatic rings. The van der Waals surface area contributed by atoms with Crippen molar-refractivity contribution >= 4 is 53.7 Å². The molecule has 0 spiro atoms. The van der Waals surface area contributed by atoms with Crippen molar-refractivity contribution in [1.82, 2.24) is 55.1 Å². The fourth-order valence-electron chi connectivity index (χ4n) is 12.2. The van der Waals surface area contributed by atoms with Crippen LogP contribution in [0.3, 0.4) is 0 Å². The number of anilines is 4. The Balaban J connectivity index is -0.000000124. The van der Waals surface area contributed by atoms with Gasteiger partial charge in [0, 0.05) is 140 Å². The molecule has 5 heterocycles. The lowest BCUT2D eigenvalue weighted by Gasteiger charge is -2.32. The van der Waals surface area contributed by atoms with E-state index < -0.39 is 34.1 Å². The average Bonchev–Trinajstić information content (AvgIpc) is 0.913. The van der Waals surface area contributed by atoms with Crippen LogP contribution in [0, 0.1) is 64.7 Å². The van der Waals surface area contributed by atoms with E-state index >= 15 is 0 Å². The molecule has 35 heteroatoms. The molecule has 35 nitrogen and oxygen atoms in total. The van der Waals surface area contributed by atoms with Gasteiger partial charge in [-0.25, -0.2) is 38.9 Å². The second-order valence-electron chi connectivity index (χ2n) is 42.6. The summed E-state index contributed by atoms with van der Waals surface area (Å²) < 4.78 is 48.3. The van der Waals surface area contributed by atoms with Crippen LogP contribution in [0.25, 0.3) is 0 Å². The molecule has 1 aliphatic heterocycles. The minimum atomic E-state index is -0.521. The molecule has 0 aromatic carbocycles. The van der Waals surface area contributed by atoms with Gasteiger partial charge in [-0.1, -0.05) is 204 Å². The number of alkyl carbamates (subject to hydrolysis) is 1. The van der Waals surface area contributed by atoms with Crippen LogP contribution in [-0.4, -0.2) is 256 Å². The number of ether oxygens (including phenoxy) is 9. The van der Waals surface area contributed by atoms with Crippen LogP contribution in [0.4, 0.5) is 47.2 Å². The first-order valence-corrected chi connectivity index (χ1v) is 49.6. The second kappa shape index (κ2) is 87.1. The van der Waals surface area contributed by atoms with Crippen molar-refractivity contribution in [2.45, 2.75) is 429 Å². The lowest BCUT2D eigenvalue weighted by atomic mass is 10.0. The molecule has 4 aromatic rings. The lowest BCUT2D eigenvalue weighted by molar-refractivity contribution is 0.00991. The predicted molar refractivity (Wildman–Crippen MR) is 620 cm³/mol. The number of nitrogens with two attached hydrogens (primary N) is 6. The van der Waals surface area contributed by atoms with Crippen LogP contribution in [0.2, 0.25) is 0 Å². The SMILES string of the molecule is C.C.C.C.C.C.C.C1CCOC1.CC(C)C(CO)N(C)C(=O)OC(C)(C)C.CC(C)C(COc1ccnc(N)c1)N(C)C#N.CC(C)C(COc1ccnc(N)c1)N(C)C(=O)OC(C)(C)C.CC(C)C(N)CO.CCC(C(C)C)N(C)C(=O)OC(C)(C)C.CCC(C(C)C)N(C)C(=O)OC(C)(C)C.CCC(N)C(C)C.CCC(NC(=O)OC(C)(C)C)C(C)C.CNC(COc1ccnc(N)c1)C(C)C.Nc1cc(=O)cc[nH]1. The fraction of sp³-hybridized carbons (Fsp3) is 0.768. The first-order valence-electron chi connectivity index (χ1n) is 49.6. The molecule has 0 bridgehead atoms. The van der Waals surface area contributed by atoms with Gasteiger partial charge in [0.05, 0.1) is 31.3 Å². The highest BCUT2D eigenvalue weighted by Crippen LogP contribution is 2.24. The van der Waals surface area contributed by atoms with Crippen molar-refractivity contribution in [3.63, 3.8) is 0 Å². The molecule has 1 saturated heterocycles. The summed E-state index contributed by atoms with van der Waals surface area (Å²) in [6.07, 6.45) is 13.4.